The van der Waals surface area contributed by atoms with E-state index in [1.54, 1.807) is 24.9 Å². The monoisotopic (exact) mass is 391 g/mol. The predicted molar refractivity (Wildman–Crippen MR) is 107 cm³/mol. The van der Waals surface area contributed by atoms with E-state index < -0.39 is 12.0 Å². The van der Waals surface area contributed by atoms with Crippen LogP contribution in [0.25, 0.3) is 11.4 Å². The van der Waals surface area contributed by atoms with E-state index in [0.29, 0.717) is 28.7 Å². The molecule has 0 saturated heterocycles. The van der Waals surface area contributed by atoms with Crippen LogP contribution in [-0.4, -0.2) is 39.4 Å². The summed E-state index contributed by atoms with van der Waals surface area (Å²) in [5.74, 6) is 1.43. The molecule has 2 aromatic heterocycles. The number of benzene rings is 1. The minimum Gasteiger partial charge on any atom is -0.497 e. The molecule has 0 amide bonds. The summed E-state index contributed by atoms with van der Waals surface area (Å²) < 4.78 is 12.2. The number of allylic oxidation sites excluding steroid dienone is 1. The van der Waals surface area contributed by atoms with Gasteiger partial charge in [-0.3, -0.25) is 4.98 Å². The number of ether oxygens (including phenoxy) is 2. The molecule has 3 aromatic rings. The summed E-state index contributed by atoms with van der Waals surface area (Å²) in [4.78, 5) is 21.8. The molecule has 1 N–H and O–H groups in total. The summed E-state index contributed by atoms with van der Waals surface area (Å²) in [6.07, 6.45) is 1.69. The Kier molecular flexibility index (Phi) is 4.99. The third kappa shape index (κ3) is 3.44. The van der Waals surface area contributed by atoms with Crippen LogP contribution in [0.3, 0.4) is 0 Å². The van der Waals surface area contributed by atoms with Crippen molar-refractivity contribution < 1.29 is 14.3 Å². The van der Waals surface area contributed by atoms with Gasteiger partial charge in [0.05, 0.1) is 25.0 Å². The van der Waals surface area contributed by atoms with Gasteiger partial charge in [0.1, 0.15) is 11.8 Å². The second-order valence-corrected chi connectivity index (χ2v) is 6.47. The molecule has 1 aliphatic heterocycles. The standard InChI is InChI=1S/C21H21N5O3/c1-4-29-20(27)17-13(2)23-21-24-19(14-8-10-15(28-3)11-9-14)25-26(21)18(17)16-7-5-6-12-22-16/h5-12,18H,4H2,1-3H3,(H,23,24,25). The van der Waals surface area contributed by atoms with Crippen LogP contribution in [0.5, 0.6) is 5.75 Å². The lowest BCUT2D eigenvalue weighted by Crippen LogP contribution is -2.30. The first-order valence-corrected chi connectivity index (χ1v) is 9.29. The highest BCUT2D eigenvalue weighted by Crippen LogP contribution is 2.36. The number of hydrogen-bond acceptors (Lipinski definition) is 7. The molecule has 8 heteroatoms. The van der Waals surface area contributed by atoms with Crippen molar-refractivity contribution in [3.63, 3.8) is 0 Å². The van der Waals surface area contributed by atoms with E-state index in [9.17, 15) is 4.79 Å². The highest BCUT2D eigenvalue weighted by atomic mass is 16.5. The largest absolute Gasteiger partial charge is 0.497 e. The minimum atomic E-state index is -0.536. The predicted octanol–water partition coefficient (Wildman–Crippen LogP) is 3.20. The lowest BCUT2D eigenvalue weighted by Gasteiger charge is -2.27. The second kappa shape index (κ2) is 7.75. The summed E-state index contributed by atoms with van der Waals surface area (Å²) in [6, 6.07) is 12.5. The number of carbonyl (C=O) groups excluding carboxylic acids is 1. The van der Waals surface area contributed by atoms with Crippen molar-refractivity contribution in [2.24, 2.45) is 0 Å². The van der Waals surface area contributed by atoms with Crippen LogP contribution in [0.2, 0.25) is 0 Å². The summed E-state index contributed by atoms with van der Waals surface area (Å²) in [7, 11) is 1.62. The number of nitrogens with one attached hydrogen (secondary N) is 1. The summed E-state index contributed by atoms with van der Waals surface area (Å²) in [6.45, 7) is 3.89. The third-order valence-corrected chi connectivity index (χ3v) is 4.66. The molecule has 0 saturated carbocycles. The molecule has 0 fully saturated rings. The Bertz CT molecular complexity index is 1060. The number of esters is 1. The van der Waals surface area contributed by atoms with E-state index in [1.807, 2.05) is 49.4 Å². The molecular weight excluding hydrogens is 370 g/mol. The van der Waals surface area contributed by atoms with Gasteiger partial charge in [0.2, 0.25) is 5.95 Å². The van der Waals surface area contributed by atoms with Gasteiger partial charge in [0, 0.05) is 17.5 Å². The van der Waals surface area contributed by atoms with Gasteiger partial charge in [0.25, 0.3) is 0 Å². The molecule has 4 rings (SSSR count). The Morgan fingerprint density at radius 1 is 1.21 bits per heavy atom. The maximum Gasteiger partial charge on any atom is 0.338 e. The molecule has 0 aliphatic carbocycles. The van der Waals surface area contributed by atoms with Crippen molar-refractivity contribution in [3.8, 4) is 17.1 Å². The van der Waals surface area contributed by atoms with Gasteiger partial charge >= 0.3 is 5.97 Å². The van der Waals surface area contributed by atoms with Gasteiger partial charge in [-0.15, -0.1) is 5.10 Å². The number of hydrogen-bond donors (Lipinski definition) is 1. The molecule has 1 aliphatic rings. The lowest BCUT2D eigenvalue weighted by atomic mass is 10.00. The van der Waals surface area contributed by atoms with Crippen LogP contribution in [0.15, 0.2) is 59.9 Å². The normalized spacial score (nSPS) is 15.5. The molecule has 1 atom stereocenters. The highest BCUT2D eigenvalue weighted by molar-refractivity contribution is 5.92. The van der Waals surface area contributed by atoms with Gasteiger partial charge < -0.3 is 14.8 Å². The quantitative estimate of drug-likeness (QED) is 0.668. The molecular formula is C21H21N5O3. The van der Waals surface area contributed by atoms with E-state index in [-0.39, 0.29) is 6.61 Å². The fraction of sp³-hybridized carbons (Fsp3) is 0.238. The molecule has 1 aromatic carbocycles. The van der Waals surface area contributed by atoms with E-state index in [2.05, 4.69) is 20.4 Å². The fourth-order valence-corrected chi connectivity index (χ4v) is 3.30. The zero-order valence-corrected chi connectivity index (χ0v) is 16.4. The molecule has 1 unspecified atom stereocenters. The summed E-state index contributed by atoms with van der Waals surface area (Å²) in [5, 5.41) is 7.86. The summed E-state index contributed by atoms with van der Waals surface area (Å²) in [5.41, 5.74) is 2.65. The van der Waals surface area contributed by atoms with E-state index in [1.165, 1.54) is 0 Å². The molecule has 29 heavy (non-hydrogen) atoms. The Hall–Kier alpha value is -3.68. The Morgan fingerprint density at radius 3 is 2.66 bits per heavy atom. The number of nitrogens with zero attached hydrogens (tertiary/aromatic N) is 4. The second-order valence-electron chi connectivity index (χ2n) is 6.47. The van der Waals surface area contributed by atoms with Crippen molar-refractivity contribution in [1.29, 1.82) is 0 Å². The van der Waals surface area contributed by atoms with E-state index >= 15 is 0 Å². The first-order valence-electron chi connectivity index (χ1n) is 9.29. The Morgan fingerprint density at radius 2 is 2.00 bits per heavy atom. The Balaban J connectivity index is 1.81. The first-order chi connectivity index (χ1) is 14.1. The topological polar surface area (TPSA) is 91.2 Å². The van der Waals surface area contributed by atoms with Crippen LogP contribution < -0.4 is 10.1 Å². The average Bonchev–Trinajstić information content (AvgIpc) is 3.17. The zero-order chi connectivity index (χ0) is 20.4. The molecule has 3 heterocycles. The maximum absolute atomic E-state index is 12.7. The van der Waals surface area contributed by atoms with Crippen LogP contribution >= 0.6 is 0 Å². The van der Waals surface area contributed by atoms with Crippen molar-refractivity contribution in [1.82, 2.24) is 19.7 Å². The smallest absolute Gasteiger partial charge is 0.338 e. The van der Waals surface area contributed by atoms with Gasteiger partial charge in [0.15, 0.2) is 5.82 Å². The van der Waals surface area contributed by atoms with Crippen molar-refractivity contribution in [2.45, 2.75) is 19.9 Å². The van der Waals surface area contributed by atoms with Crippen molar-refractivity contribution in [3.05, 3.63) is 65.6 Å². The third-order valence-electron chi connectivity index (χ3n) is 4.66. The van der Waals surface area contributed by atoms with Crippen LogP contribution in [0, 0.1) is 0 Å². The highest BCUT2D eigenvalue weighted by Gasteiger charge is 2.36. The molecule has 0 radical (unpaired) electrons. The maximum atomic E-state index is 12.7. The van der Waals surface area contributed by atoms with Gasteiger partial charge in [-0.25, -0.2) is 9.48 Å². The number of anilines is 1. The molecule has 8 nitrogen and oxygen atoms in total. The lowest BCUT2D eigenvalue weighted by molar-refractivity contribution is -0.139. The minimum absolute atomic E-state index is 0.284. The molecule has 148 valence electrons. The number of rotatable bonds is 5. The Labute approximate surface area is 168 Å². The number of carbonyl (C=O) groups is 1. The summed E-state index contributed by atoms with van der Waals surface area (Å²) >= 11 is 0. The van der Waals surface area contributed by atoms with Gasteiger partial charge in [-0.05, 0) is 50.2 Å². The van der Waals surface area contributed by atoms with E-state index in [4.69, 9.17) is 9.47 Å². The van der Waals surface area contributed by atoms with Crippen LogP contribution in [0.1, 0.15) is 25.6 Å². The zero-order valence-electron chi connectivity index (χ0n) is 16.4. The average molecular weight is 391 g/mol. The van der Waals surface area contributed by atoms with Gasteiger partial charge in [-0.1, -0.05) is 6.07 Å². The fourth-order valence-electron chi connectivity index (χ4n) is 3.30. The first kappa shape index (κ1) is 18.7. The van der Waals surface area contributed by atoms with Crippen LogP contribution in [-0.2, 0) is 9.53 Å². The van der Waals surface area contributed by atoms with Gasteiger partial charge in [-0.2, -0.15) is 4.98 Å². The number of methoxy groups -OCH3 is 1. The number of pyridine rings is 1. The van der Waals surface area contributed by atoms with Crippen LogP contribution in [0.4, 0.5) is 5.95 Å². The SMILES string of the molecule is CCOC(=O)C1=C(C)Nc2nc(-c3ccc(OC)cc3)nn2C1c1ccccn1. The van der Waals surface area contributed by atoms with Crippen molar-refractivity contribution >= 4 is 11.9 Å². The van der Waals surface area contributed by atoms with E-state index in [0.717, 1.165) is 11.3 Å². The van der Waals surface area contributed by atoms with Crippen molar-refractivity contribution in [2.75, 3.05) is 19.0 Å². The number of fused-ring (bicyclic) bond motifs is 1. The molecule has 0 spiro atoms. The number of aromatic nitrogens is 4. The molecule has 0 bridgehead atoms.